The first-order valence-corrected chi connectivity index (χ1v) is 10.8. The molecular formula is C23H33F3O. The molecule has 0 radical (unpaired) electrons. The van der Waals surface area contributed by atoms with E-state index >= 15 is 0 Å². The van der Waals surface area contributed by atoms with Crippen molar-refractivity contribution in [3.8, 4) is 5.75 Å². The third-order valence-corrected chi connectivity index (χ3v) is 6.81. The van der Waals surface area contributed by atoms with E-state index < -0.39 is 11.7 Å². The van der Waals surface area contributed by atoms with Crippen LogP contribution in [0.3, 0.4) is 0 Å². The Kier molecular flexibility index (Phi) is 7.10. The van der Waals surface area contributed by atoms with Crippen LogP contribution in [-0.4, -0.2) is 6.61 Å². The highest BCUT2D eigenvalue weighted by Gasteiger charge is 2.31. The molecule has 2 aliphatic carbocycles. The highest BCUT2D eigenvalue weighted by atomic mass is 19.4. The second-order valence-electron chi connectivity index (χ2n) is 8.68. The maximum Gasteiger partial charge on any atom is 0.416 e. The monoisotopic (exact) mass is 382 g/mol. The Hall–Kier alpha value is -1.19. The zero-order chi connectivity index (χ0) is 19.3. The molecule has 0 aromatic heterocycles. The molecule has 0 unspecified atom stereocenters. The van der Waals surface area contributed by atoms with Crippen LogP contribution in [0, 0.1) is 23.7 Å². The van der Waals surface area contributed by atoms with E-state index in [-0.39, 0.29) is 0 Å². The zero-order valence-corrected chi connectivity index (χ0v) is 16.4. The van der Waals surface area contributed by atoms with Crippen molar-refractivity contribution < 1.29 is 17.9 Å². The maximum absolute atomic E-state index is 12.6. The Balaban J connectivity index is 1.37. The van der Waals surface area contributed by atoms with Gasteiger partial charge in [0.15, 0.2) is 0 Å². The standard InChI is InChI=1S/C23H33F3O/c1-2-3-17-4-8-19(9-5-17)20-10-6-18(7-11-20)16-27-22-14-12-21(13-15-22)23(24,25)26/h12-15,17-20H,2-11,16H2,1H3/t17-,18?,19-,20?. The van der Waals surface area contributed by atoms with Gasteiger partial charge in [-0.1, -0.05) is 32.6 Å². The minimum absolute atomic E-state index is 0.541. The van der Waals surface area contributed by atoms with Crippen LogP contribution in [0.25, 0.3) is 0 Å². The zero-order valence-electron chi connectivity index (χ0n) is 16.4. The van der Waals surface area contributed by atoms with Gasteiger partial charge in [-0.15, -0.1) is 0 Å². The number of benzene rings is 1. The highest BCUT2D eigenvalue weighted by molar-refractivity contribution is 5.28. The molecule has 2 saturated carbocycles. The fourth-order valence-electron chi connectivity index (χ4n) is 5.14. The number of hydrogen-bond acceptors (Lipinski definition) is 1. The molecule has 1 aromatic carbocycles. The van der Waals surface area contributed by atoms with E-state index in [0.29, 0.717) is 18.3 Å². The molecule has 0 bridgehead atoms. The summed E-state index contributed by atoms with van der Waals surface area (Å²) < 4.78 is 43.6. The van der Waals surface area contributed by atoms with Crippen molar-refractivity contribution in [2.75, 3.05) is 6.61 Å². The van der Waals surface area contributed by atoms with Crippen LogP contribution in [0.1, 0.15) is 76.7 Å². The molecule has 0 spiro atoms. The Labute approximate surface area is 161 Å². The van der Waals surface area contributed by atoms with Gasteiger partial charge in [-0.05, 0) is 86.5 Å². The van der Waals surface area contributed by atoms with Crippen LogP contribution in [0.4, 0.5) is 13.2 Å². The molecule has 1 aromatic rings. The summed E-state index contributed by atoms with van der Waals surface area (Å²) in [5.74, 6) is 3.86. The summed E-state index contributed by atoms with van der Waals surface area (Å²) in [5, 5.41) is 0. The lowest BCUT2D eigenvalue weighted by atomic mass is 9.69. The molecule has 0 N–H and O–H groups in total. The van der Waals surface area contributed by atoms with Gasteiger partial charge >= 0.3 is 6.18 Å². The molecule has 0 heterocycles. The molecule has 0 saturated heterocycles. The van der Waals surface area contributed by atoms with Crippen molar-refractivity contribution >= 4 is 0 Å². The minimum atomic E-state index is -4.29. The molecule has 1 nitrogen and oxygen atoms in total. The van der Waals surface area contributed by atoms with Crippen LogP contribution in [-0.2, 0) is 6.18 Å². The van der Waals surface area contributed by atoms with Crippen LogP contribution in [0.15, 0.2) is 24.3 Å². The summed E-state index contributed by atoms with van der Waals surface area (Å²) in [6, 6.07) is 5.06. The molecule has 0 aliphatic heterocycles. The molecule has 2 fully saturated rings. The van der Waals surface area contributed by atoms with E-state index in [9.17, 15) is 13.2 Å². The van der Waals surface area contributed by atoms with Crippen molar-refractivity contribution in [3.05, 3.63) is 29.8 Å². The summed E-state index contributed by atoms with van der Waals surface area (Å²) >= 11 is 0. The molecule has 4 heteroatoms. The van der Waals surface area contributed by atoms with Crippen LogP contribution >= 0.6 is 0 Å². The number of halogens is 3. The van der Waals surface area contributed by atoms with Crippen LogP contribution in [0.2, 0.25) is 0 Å². The van der Waals surface area contributed by atoms with E-state index in [0.717, 1.165) is 29.9 Å². The summed E-state index contributed by atoms with van der Waals surface area (Å²) in [6.07, 6.45) is 9.11. The predicted molar refractivity (Wildman–Crippen MR) is 103 cm³/mol. The Morgan fingerprint density at radius 1 is 0.815 bits per heavy atom. The third kappa shape index (κ3) is 5.89. The smallest absolute Gasteiger partial charge is 0.416 e. The van der Waals surface area contributed by atoms with Gasteiger partial charge in [0, 0.05) is 0 Å². The van der Waals surface area contributed by atoms with Gasteiger partial charge < -0.3 is 4.74 Å². The molecule has 27 heavy (non-hydrogen) atoms. The van der Waals surface area contributed by atoms with Gasteiger partial charge in [-0.25, -0.2) is 0 Å². The quantitative estimate of drug-likeness (QED) is 0.495. The minimum Gasteiger partial charge on any atom is -0.493 e. The lowest BCUT2D eigenvalue weighted by Gasteiger charge is -2.37. The first kappa shape index (κ1) is 20.5. The van der Waals surface area contributed by atoms with E-state index in [2.05, 4.69) is 6.92 Å². The van der Waals surface area contributed by atoms with Crippen LogP contribution < -0.4 is 4.74 Å². The highest BCUT2D eigenvalue weighted by Crippen LogP contribution is 2.42. The summed E-state index contributed by atoms with van der Waals surface area (Å²) in [6.45, 7) is 2.92. The molecular weight excluding hydrogens is 349 g/mol. The van der Waals surface area contributed by atoms with Gasteiger partial charge in [0.25, 0.3) is 0 Å². The topological polar surface area (TPSA) is 9.23 Å². The average molecular weight is 383 g/mol. The van der Waals surface area contributed by atoms with Crippen molar-refractivity contribution in [1.29, 1.82) is 0 Å². The van der Waals surface area contributed by atoms with E-state index in [1.807, 2.05) is 0 Å². The summed E-state index contributed by atoms with van der Waals surface area (Å²) in [4.78, 5) is 0. The lowest BCUT2D eigenvalue weighted by molar-refractivity contribution is -0.137. The van der Waals surface area contributed by atoms with Crippen molar-refractivity contribution in [2.45, 2.75) is 77.3 Å². The first-order chi connectivity index (χ1) is 13.0. The summed E-state index contributed by atoms with van der Waals surface area (Å²) in [5.41, 5.74) is -0.621. The second-order valence-corrected chi connectivity index (χ2v) is 8.68. The van der Waals surface area contributed by atoms with Crippen molar-refractivity contribution in [3.63, 3.8) is 0 Å². The normalized spacial score (nSPS) is 29.5. The van der Waals surface area contributed by atoms with Gasteiger partial charge in [-0.3, -0.25) is 0 Å². The third-order valence-electron chi connectivity index (χ3n) is 6.81. The predicted octanol–water partition coefficient (Wildman–Crippen LogP) is 7.50. The van der Waals surface area contributed by atoms with Gasteiger partial charge in [0.2, 0.25) is 0 Å². The van der Waals surface area contributed by atoms with Crippen LogP contribution in [0.5, 0.6) is 5.75 Å². The fraction of sp³-hybridized carbons (Fsp3) is 0.739. The molecule has 2 aliphatic rings. The van der Waals surface area contributed by atoms with E-state index in [4.69, 9.17) is 4.74 Å². The Bertz CT molecular complexity index is 550. The number of ether oxygens (including phenoxy) is 1. The molecule has 3 rings (SSSR count). The van der Waals surface area contributed by atoms with Crippen molar-refractivity contribution in [2.24, 2.45) is 23.7 Å². The van der Waals surface area contributed by atoms with Crippen molar-refractivity contribution in [1.82, 2.24) is 0 Å². The van der Waals surface area contributed by atoms with E-state index in [1.165, 1.54) is 76.3 Å². The van der Waals surface area contributed by atoms with E-state index in [1.54, 1.807) is 0 Å². The SMILES string of the molecule is CCC[C@H]1CC[C@H](C2CCC(COc3ccc(C(F)(F)F)cc3)CC2)CC1. The largest absolute Gasteiger partial charge is 0.493 e. The molecule has 0 amide bonds. The second kappa shape index (κ2) is 9.34. The lowest BCUT2D eigenvalue weighted by Crippen LogP contribution is -2.27. The Morgan fingerprint density at radius 2 is 1.33 bits per heavy atom. The molecule has 0 atom stereocenters. The van der Waals surface area contributed by atoms with Gasteiger partial charge in [0.1, 0.15) is 5.75 Å². The Morgan fingerprint density at radius 3 is 1.81 bits per heavy atom. The average Bonchev–Trinajstić information content (AvgIpc) is 2.67. The van der Waals surface area contributed by atoms with Gasteiger partial charge in [-0.2, -0.15) is 13.2 Å². The van der Waals surface area contributed by atoms with Gasteiger partial charge in [0.05, 0.1) is 12.2 Å². The molecule has 152 valence electrons. The maximum atomic E-state index is 12.6. The summed E-state index contributed by atoms with van der Waals surface area (Å²) in [7, 11) is 0. The first-order valence-electron chi connectivity index (χ1n) is 10.8. The fourth-order valence-corrected chi connectivity index (χ4v) is 5.14. The number of alkyl halides is 3. The number of hydrogen-bond donors (Lipinski definition) is 0. The number of rotatable bonds is 6.